The second-order valence-electron chi connectivity index (χ2n) is 4.54. The van der Waals surface area contributed by atoms with Gasteiger partial charge in [0.05, 0.1) is 10.6 Å². The first-order valence-electron chi connectivity index (χ1n) is 5.96. The van der Waals surface area contributed by atoms with Gasteiger partial charge in [0.2, 0.25) is 0 Å². The van der Waals surface area contributed by atoms with Gasteiger partial charge in [-0.05, 0) is 52.9 Å². The van der Waals surface area contributed by atoms with E-state index in [4.69, 9.17) is 4.74 Å². The minimum atomic E-state index is 0.284. The molecule has 1 aromatic rings. The summed E-state index contributed by atoms with van der Waals surface area (Å²) in [4.78, 5) is 0. The molecular weight excluding hydrogens is 282 g/mol. The molecule has 2 N–H and O–H groups in total. The van der Waals surface area contributed by atoms with Gasteiger partial charge in [-0.25, -0.2) is 0 Å². The van der Waals surface area contributed by atoms with Crippen molar-refractivity contribution in [3.8, 4) is 5.75 Å². The van der Waals surface area contributed by atoms with Crippen molar-refractivity contribution in [2.75, 3.05) is 13.2 Å². The van der Waals surface area contributed by atoms with Crippen molar-refractivity contribution < 1.29 is 9.84 Å². The van der Waals surface area contributed by atoms with Gasteiger partial charge in [-0.1, -0.05) is 6.07 Å². The van der Waals surface area contributed by atoms with Gasteiger partial charge in [-0.15, -0.1) is 0 Å². The molecule has 0 radical (unpaired) electrons. The van der Waals surface area contributed by atoms with Gasteiger partial charge in [0, 0.05) is 19.7 Å². The first-order valence-corrected chi connectivity index (χ1v) is 6.76. The van der Waals surface area contributed by atoms with E-state index in [2.05, 4.69) is 28.2 Å². The summed E-state index contributed by atoms with van der Waals surface area (Å²) in [6.45, 7) is 4.83. The van der Waals surface area contributed by atoms with E-state index in [0.29, 0.717) is 12.0 Å². The second kappa shape index (κ2) is 5.85. The summed E-state index contributed by atoms with van der Waals surface area (Å²) in [5, 5.41) is 12.8. The fourth-order valence-corrected chi connectivity index (χ4v) is 2.53. The van der Waals surface area contributed by atoms with Crippen LogP contribution in [0, 0.1) is 5.92 Å². The highest BCUT2D eigenvalue weighted by molar-refractivity contribution is 9.10. The highest BCUT2D eigenvalue weighted by Crippen LogP contribution is 2.24. The van der Waals surface area contributed by atoms with Crippen LogP contribution in [0.3, 0.4) is 0 Å². The molecule has 17 heavy (non-hydrogen) atoms. The van der Waals surface area contributed by atoms with E-state index in [1.54, 1.807) is 6.07 Å². The number of ether oxygens (including phenoxy) is 1. The molecule has 2 atom stereocenters. The predicted octanol–water partition coefficient (Wildman–Crippen LogP) is 2.67. The molecule has 1 aromatic carbocycles. The SMILES string of the molecule is CC1OCCC1CNCc1ccc(O)c(Br)c1. The van der Waals surface area contributed by atoms with Crippen LogP contribution >= 0.6 is 15.9 Å². The van der Waals surface area contributed by atoms with Crippen LogP contribution in [0.2, 0.25) is 0 Å². The minimum absolute atomic E-state index is 0.284. The van der Waals surface area contributed by atoms with E-state index >= 15 is 0 Å². The largest absolute Gasteiger partial charge is 0.507 e. The Morgan fingerprint density at radius 3 is 3.00 bits per heavy atom. The Labute approximate surface area is 110 Å². The van der Waals surface area contributed by atoms with Crippen molar-refractivity contribution in [3.05, 3.63) is 28.2 Å². The summed E-state index contributed by atoms with van der Waals surface area (Å²) < 4.78 is 6.27. The van der Waals surface area contributed by atoms with Gasteiger partial charge in [0.15, 0.2) is 0 Å². The third kappa shape index (κ3) is 3.44. The zero-order valence-electron chi connectivity index (χ0n) is 9.95. The van der Waals surface area contributed by atoms with Crippen LogP contribution in [0.25, 0.3) is 0 Å². The highest BCUT2D eigenvalue weighted by Gasteiger charge is 2.23. The topological polar surface area (TPSA) is 41.5 Å². The molecule has 0 amide bonds. The molecule has 0 aromatic heterocycles. The van der Waals surface area contributed by atoms with Crippen molar-refractivity contribution in [3.63, 3.8) is 0 Å². The van der Waals surface area contributed by atoms with E-state index in [1.807, 2.05) is 12.1 Å². The smallest absolute Gasteiger partial charge is 0.129 e. The van der Waals surface area contributed by atoms with Crippen LogP contribution in [-0.4, -0.2) is 24.4 Å². The van der Waals surface area contributed by atoms with Gasteiger partial charge in [0.25, 0.3) is 0 Å². The molecule has 1 aliphatic heterocycles. The molecule has 0 spiro atoms. The van der Waals surface area contributed by atoms with Crippen molar-refractivity contribution in [2.45, 2.75) is 26.0 Å². The number of hydrogen-bond acceptors (Lipinski definition) is 3. The molecule has 0 bridgehead atoms. The first-order chi connectivity index (χ1) is 8.16. The first kappa shape index (κ1) is 12.9. The monoisotopic (exact) mass is 299 g/mol. The van der Waals surface area contributed by atoms with Crippen LogP contribution < -0.4 is 5.32 Å². The van der Waals surface area contributed by atoms with Gasteiger partial charge in [-0.3, -0.25) is 0 Å². The molecule has 0 saturated carbocycles. The van der Waals surface area contributed by atoms with E-state index in [9.17, 15) is 5.11 Å². The van der Waals surface area contributed by atoms with Crippen LogP contribution in [0.1, 0.15) is 18.9 Å². The summed E-state index contributed by atoms with van der Waals surface area (Å²) in [7, 11) is 0. The van der Waals surface area contributed by atoms with E-state index < -0.39 is 0 Å². The third-order valence-electron chi connectivity index (χ3n) is 3.28. The molecule has 1 fully saturated rings. The lowest BCUT2D eigenvalue weighted by Gasteiger charge is -2.14. The summed E-state index contributed by atoms with van der Waals surface area (Å²) in [5.74, 6) is 0.905. The molecule has 1 aliphatic rings. The summed E-state index contributed by atoms with van der Waals surface area (Å²) in [6.07, 6.45) is 1.52. The Kier molecular flexibility index (Phi) is 4.42. The molecule has 2 unspecified atom stereocenters. The van der Waals surface area contributed by atoms with Gasteiger partial charge in [0.1, 0.15) is 5.75 Å². The average molecular weight is 300 g/mol. The number of rotatable bonds is 4. The van der Waals surface area contributed by atoms with Crippen molar-refractivity contribution >= 4 is 15.9 Å². The number of benzene rings is 1. The van der Waals surface area contributed by atoms with Crippen LogP contribution in [0.15, 0.2) is 22.7 Å². The number of hydrogen-bond donors (Lipinski definition) is 2. The third-order valence-corrected chi connectivity index (χ3v) is 3.92. The minimum Gasteiger partial charge on any atom is -0.507 e. The predicted molar refractivity (Wildman–Crippen MR) is 71.0 cm³/mol. The van der Waals surface area contributed by atoms with Gasteiger partial charge < -0.3 is 15.2 Å². The quantitative estimate of drug-likeness (QED) is 0.898. The molecule has 2 rings (SSSR count). The molecule has 94 valence electrons. The van der Waals surface area contributed by atoms with Crippen molar-refractivity contribution in [1.82, 2.24) is 5.32 Å². The summed E-state index contributed by atoms with van der Waals surface area (Å²) in [6, 6.07) is 5.58. The maximum Gasteiger partial charge on any atom is 0.129 e. The molecule has 1 heterocycles. The number of phenolic OH excluding ortho intramolecular Hbond substituents is 1. The Hall–Kier alpha value is -0.580. The zero-order valence-corrected chi connectivity index (χ0v) is 11.5. The zero-order chi connectivity index (χ0) is 12.3. The molecular formula is C13H18BrNO2. The maximum atomic E-state index is 9.39. The van der Waals surface area contributed by atoms with E-state index in [1.165, 1.54) is 5.56 Å². The Balaban J connectivity index is 1.79. The van der Waals surface area contributed by atoms with Crippen LogP contribution in [0.5, 0.6) is 5.75 Å². The maximum absolute atomic E-state index is 9.39. The number of halogens is 1. The van der Waals surface area contributed by atoms with Crippen LogP contribution in [0.4, 0.5) is 0 Å². The van der Waals surface area contributed by atoms with Gasteiger partial charge >= 0.3 is 0 Å². The fraction of sp³-hybridized carbons (Fsp3) is 0.538. The fourth-order valence-electron chi connectivity index (χ4n) is 2.11. The lowest BCUT2D eigenvalue weighted by Crippen LogP contribution is -2.26. The molecule has 4 heteroatoms. The average Bonchev–Trinajstić information content (AvgIpc) is 2.70. The van der Waals surface area contributed by atoms with Gasteiger partial charge in [-0.2, -0.15) is 0 Å². The Morgan fingerprint density at radius 2 is 2.35 bits per heavy atom. The number of nitrogens with one attached hydrogen (secondary N) is 1. The van der Waals surface area contributed by atoms with Crippen molar-refractivity contribution in [2.24, 2.45) is 5.92 Å². The van der Waals surface area contributed by atoms with Crippen LogP contribution in [-0.2, 0) is 11.3 Å². The number of aromatic hydroxyl groups is 1. The highest BCUT2D eigenvalue weighted by atomic mass is 79.9. The second-order valence-corrected chi connectivity index (χ2v) is 5.40. The molecule has 1 saturated heterocycles. The lowest BCUT2D eigenvalue weighted by atomic mass is 10.0. The lowest BCUT2D eigenvalue weighted by molar-refractivity contribution is 0.105. The Bertz CT molecular complexity index is 384. The van der Waals surface area contributed by atoms with Crippen molar-refractivity contribution in [1.29, 1.82) is 0 Å². The summed E-state index contributed by atoms with van der Waals surface area (Å²) >= 11 is 3.32. The standard InChI is InChI=1S/C13H18BrNO2/c1-9-11(4-5-17-9)8-15-7-10-2-3-13(16)12(14)6-10/h2-3,6,9,11,15-16H,4-5,7-8H2,1H3. The molecule has 3 nitrogen and oxygen atoms in total. The summed E-state index contributed by atoms with van der Waals surface area (Å²) in [5.41, 5.74) is 1.17. The van der Waals surface area contributed by atoms with E-state index in [-0.39, 0.29) is 5.75 Å². The Morgan fingerprint density at radius 1 is 1.53 bits per heavy atom. The van der Waals surface area contributed by atoms with E-state index in [0.717, 1.165) is 30.6 Å². The normalized spacial score (nSPS) is 24.1. The number of phenols is 1. The molecule has 0 aliphatic carbocycles.